The summed E-state index contributed by atoms with van der Waals surface area (Å²) < 4.78 is 5.47. The fourth-order valence-corrected chi connectivity index (χ4v) is 2.24. The lowest BCUT2D eigenvalue weighted by atomic mass is 9.99. The van der Waals surface area contributed by atoms with Crippen molar-refractivity contribution >= 4 is 5.97 Å². The number of unbranched alkanes of at least 4 members (excludes halogenated alkanes) is 1. The van der Waals surface area contributed by atoms with Gasteiger partial charge in [-0.3, -0.25) is 4.79 Å². The average Bonchev–Trinajstić information content (AvgIpc) is 2.36. The molecule has 19 heavy (non-hydrogen) atoms. The maximum atomic E-state index is 11.9. The highest BCUT2D eigenvalue weighted by Crippen LogP contribution is 2.17. The molecule has 0 aromatic heterocycles. The van der Waals surface area contributed by atoms with E-state index in [2.05, 4.69) is 34.6 Å². The monoisotopic (exact) mass is 270 g/mol. The van der Waals surface area contributed by atoms with Crippen LogP contribution in [0.2, 0.25) is 0 Å². The minimum Gasteiger partial charge on any atom is -0.465 e. The zero-order chi connectivity index (χ0) is 14.7. The van der Waals surface area contributed by atoms with Gasteiger partial charge in [0.1, 0.15) is 0 Å². The van der Waals surface area contributed by atoms with Crippen LogP contribution >= 0.6 is 0 Å². The highest BCUT2D eigenvalue weighted by Gasteiger charge is 2.18. The summed E-state index contributed by atoms with van der Waals surface area (Å²) in [5.41, 5.74) is 0. The van der Waals surface area contributed by atoms with Gasteiger partial charge in [-0.2, -0.15) is 0 Å². The van der Waals surface area contributed by atoms with Gasteiger partial charge >= 0.3 is 5.97 Å². The maximum Gasteiger partial charge on any atom is 0.308 e. The summed E-state index contributed by atoms with van der Waals surface area (Å²) in [7, 11) is 0. The SMILES string of the molecule is CCCCC(CC)C(=O)OCC(C)CCCC(C)C. The Morgan fingerprint density at radius 3 is 2.21 bits per heavy atom. The van der Waals surface area contributed by atoms with Gasteiger partial charge in [-0.05, 0) is 31.1 Å². The first-order chi connectivity index (χ1) is 9.01. The highest BCUT2D eigenvalue weighted by molar-refractivity contribution is 5.72. The molecular weight excluding hydrogens is 236 g/mol. The molecule has 2 heteroatoms. The largest absolute Gasteiger partial charge is 0.465 e. The Hall–Kier alpha value is -0.530. The van der Waals surface area contributed by atoms with E-state index < -0.39 is 0 Å². The van der Waals surface area contributed by atoms with Gasteiger partial charge in [0.2, 0.25) is 0 Å². The van der Waals surface area contributed by atoms with E-state index >= 15 is 0 Å². The summed E-state index contributed by atoms with van der Waals surface area (Å²) in [5.74, 6) is 1.40. The third kappa shape index (κ3) is 9.98. The number of rotatable bonds is 11. The van der Waals surface area contributed by atoms with E-state index in [0.717, 1.165) is 38.0 Å². The van der Waals surface area contributed by atoms with Crippen LogP contribution in [0.3, 0.4) is 0 Å². The van der Waals surface area contributed by atoms with Crippen molar-refractivity contribution in [3.8, 4) is 0 Å². The molecule has 2 atom stereocenters. The molecule has 114 valence electrons. The molecule has 0 saturated heterocycles. The molecule has 2 unspecified atom stereocenters. The number of hydrogen-bond donors (Lipinski definition) is 0. The summed E-state index contributed by atoms with van der Waals surface area (Å²) in [4.78, 5) is 11.9. The fourth-order valence-electron chi connectivity index (χ4n) is 2.24. The summed E-state index contributed by atoms with van der Waals surface area (Å²) in [6.45, 7) is 11.5. The predicted octanol–water partition coefficient (Wildman–Crippen LogP) is 5.21. The van der Waals surface area contributed by atoms with Crippen LogP contribution in [0.1, 0.15) is 79.6 Å². The Balaban J connectivity index is 3.80. The van der Waals surface area contributed by atoms with Gasteiger partial charge in [0, 0.05) is 0 Å². The fraction of sp³-hybridized carbons (Fsp3) is 0.941. The Labute approximate surface area is 120 Å². The number of esters is 1. The first kappa shape index (κ1) is 18.5. The van der Waals surface area contributed by atoms with Crippen molar-refractivity contribution in [1.29, 1.82) is 0 Å². The molecule has 0 N–H and O–H groups in total. The predicted molar refractivity (Wildman–Crippen MR) is 82.1 cm³/mol. The van der Waals surface area contributed by atoms with E-state index in [1.807, 2.05) is 0 Å². The zero-order valence-corrected chi connectivity index (χ0v) is 13.7. The summed E-state index contributed by atoms with van der Waals surface area (Å²) in [5, 5.41) is 0. The number of ether oxygens (including phenoxy) is 1. The van der Waals surface area contributed by atoms with Gasteiger partial charge in [-0.25, -0.2) is 0 Å². The molecule has 0 aliphatic heterocycles. The molecule has 0 amide bonds. The third-order valence-corrected chi connectivity index (χ3v) is 3.72. The lowest BCUT2D eigenvalue weighted by Gasteiger charge is -2.17. The molecule has 0 spiro atoms. The van der Waals surface area contributed by atoms with E-state index in [9.17, 15) is 4.79 Å². The molecule has 0 aromatic carbocycles. The second-order valence-electron chi connectivity index (χ2n) is 6.31. The average molecular weight is 270 g/mol. The van der Waals surface area contributed by atoms with E-state index in [1.54, 1.807) is 0 Å². The number of carbonyl (C=O) groups excluding carboxylic acids is 1. The minimum absolute atomic E-state index is 0.0201. The first-order valence-corrected chi connectivity index (χ1v) is 8.17. The second-order valence-corrected chi connectivity index (χ2v) is 6.31. The Kier molecular flexibility index (Phi) is 11.0. The van der Waals surface area contributed by atoms with Crippen LogP contribution in [0.15, 0.2) is 0 Å². The molecule has 0 rings (SSSR count). The van der Waals surface area contributed by atoms with Crippen LogP contribution in [-0.2, 0) is 9.53 Å². The van der Waals surface area contributed by atoms with Crippen molar-refractivity contribution in [2.24, 2.45) is 17.8 Å². The lowest BCUT2D eigenvalue weighted by Crippen LogP contribution is -2.20. The quantitative estimate of drug-likeness (QED) is 0.482. The van der Waals surface area contributed by atoms with Gasteiger partial charge < -0.3 is 4.74 Å². The van der Waals surface area contributed by atoms with E-state index in [0.29, 0.717) is 12.5 Å². The van der Waals surface area contributed by atoms with Crippen LogP contribution in [0.25, 0.3) is 0 Å². The third-order valence-electron chi connectivity index (χ3n) is 3.72. The molecule has 0 fully saturated rings. The van der Waals surface area contributed by atoms with Gasteiger partial charge in [0.05, 0.1) is 12.5 Å². The van der Waals surface area contributed by atoms with Crippen LogP contribution in [0, 0.1) is 17.8 Å². The smallest absolute Gasteiger partial charge is 0.308 e. The number of carbonyl (C=O) groups is 1. The Bertz CT molecular complexity index is 223. The van der Waals surface area contributed by atoms with Gasteiger partial charge in [-0.15, -0.1) is 0 Å². The highest BCUT2D eigenvalue weighted by atomic mass is 16.5. The second kappa shape index (κ2) is 11.3. The molecule has 0 aromatic rings. The zero-order valence-electron chi connectivity index (χ0n) is 13.7. The Morgan fingerprint density at radius 1 is 1.00 bits per heavy atom. The van der Waals surface area contributed by atoms with Crippen molar-refractivity contribution in [3.63, 3.8) is 0 Å². The van der Waals surface area contributed by atoms with E-state index in [-0.39, 0.29) is 11.9 Å². The molecule has 0 aliphatic rings. The first-order valence-electron chi connectivity index (χ1n) is 8.17. The van der Waals surface area contributed by atoms with Crippen molar-refractivity contribution in [2.45, 2.75) is 79.6 Å². The summed E-state index contributed by atoms with van der Waals surface area (Å²) in [6, 6.07) is 0. The van der Waals surface area contributed by atoms with Crippen molar-refractivity contribution in [1.82, 2.24) is 0 Å². The van der Waals surface area contributed by atoms with Crippen molar-refractivity contribution in [3.05, 3.63) is 0 Å². The molecule has 0 aliphatic carbocycles. The van der Waals surface area contributed by atoms with Crippen LogP contribution in [0.5, 0.6) is 0 Å². The minimum atomic E-state index is 0.0201. The lowest BCUT2D eigenvalue weighted by molar-refractivity contribution is -0.150. The summed E-state index contributed by atoms with van der Waals surface area (Å²) >= 11 is 0. The van der Waals surface area contributed by atoms with Gasteiger partial charge in [-0.1, -0.05) is 60.3 Å². The van der Waals surface area contributed by atoms with Crippen LogP contribution in [-0.4, -0.2) is 12.6 Å². The van der Waals surface area contributed by atoms with Crippen LogP contribution in [0.4, 0.5) is 0 Å². The molecule has 0 heterocycles. The summed E-state index contributed by atoms with van der Waals surface area (Å²) in [6.07, 6.45) is 7.83. The van der Waals surface area contributed by atoms with Gasteiger partial charge in [0.25, 0.3) is 0 Å². The van der Waals surface area contributed by atoms with E-state index in [1.165, 1.54) is 12.8 Å². The topological polar surface area (TPSA) is 26.3 Å². The van der Waals surface area contributed by atoms with Crippen molar-refractivity contribution < 1.29 is 9.53 Å². The standard InChI is InChI=1S/C17H34O2/c1-6-8-12-16(7-2)17(18)19-13-15(5)11-9-10-14(3)4/h14-16H,6-13H2,1-5H3. The normalized spacial score (nSPS) is 14.4. The molecule has 0 bridgehead atoms. The molecule has 0 saturated carbocycles. The Morgan fingerprint density at radius 2 is 1.68 bits per heavy atom. The molecule has 0 radical (unpaired) electrons. The van der Waals surface area contributed by atoms with E-state index in [4.69, 9.17) is 4.74 Å². The molecular formula is C17H34O2. The molecule has 2 nitrogen and oxygen atoms in total. The number of hydrogen-bond acceptors (Lipinski definition) is 2. The van der Waals surface area contributed by atoms with Crippen LogP contribution < -0.4 is 0 Å². The van der Waals surface area contributed by atoms with Gasteiger partial charge in [0.15, 0.2) is 0 Å². The van der Waals surface area contributed by atoms with Crippen molar-refractivity contribution in [2.75, 3.05) is 6.61 Å². The maximum absolute atomic E-state index is 11.9.